The summed E-state index contributed by atoms with van der Waals surface area (Å²) in [5, 5.41) is 12.3. The van der Waals surface area contributed by atoms with Crippen LogP contribution in [0.25, 0.3) is 0 Å². The van der Waals surface area contributed by atoms with Gasteiger partial charge in [0.1, 0.15) is 23.6 Å². The second-order valence-electron chi connectivity index (χ2n) is 4.90. The molecule has 0 spiro atoms. The number of carboxylic acid groups (broad SMARTS) is 1. The molecule has 5 nitrogen and oxygen atoms in total. The van der Waals surface area contributed by atoms with E-state index in [9.17, 15) is 9.90 Å². The molecule has 1 unspecified atom stereocenters. The summed E-state index contributed by atoms with van der Waals surface area (Å²) in [5.41, 5.74) is -1.13. The molecule has 0 aliphatic heterocycles. The first-order valence-corrected chi connectivity index (χ1v) is 6.15. The van der Waals surface area contributed by atoms with Crippen molar-refractivity contribution in [2.75, 3.05) is 13.7 Å². The number of ether oxygens (including phenoxy) is 2. The van der Waals surface area contributed by atoms with E-state index in [-0.39, 0.29) is 12.6 Å². The lowest BCUT2D eigenvalue weighted by Gasteiger charge is -2.28. The van der Waals surface area contributed by atoms with Crippen LogP contribution in [0.15, 0.2) is 24.3 Å². The predicted octanol–water partition coefficient (Wildman–Crippen LogP) is 1.92. The SMILES string of the molecule is COc1cccc(OCC(C)(NC(C)C)C(=O)O)c1. The van der Waals surface area contributed by atoms with Gasteiger partial charge in [0.15, 0.2) is 0 Å². The molecule has 0 aliphatic carbocycles. The van der Waals surface area contributed by atoms with E-state index in [2.05, 4.69) is 5.32 Å². The highest BCUT2D eigenvalue weighted by Gasteiger charge is 2.34. The van der Waals surface area contributed by atoms with Gasteiger partial charge in [-0.05, 0) is 32.9 Å². The van der Waals surface area contributed by atoms with Crippen molar-refractivity contribution in [1.82, 2.24) is 5.32 Å². The quantitative estimate of drug-likeness (QED) is 0.790. The largest absolute Gasteiger partial charge is 0.497 e. The van der Waals surface area contributed by atoms with E-state index in [0.29, 0.717) is 11.5 Å². The third-order valence-corrected chi connectivity index (χ3v) is 2.65. The van der Waals surface area contributed by atoms with Crippen LogP contribution < -0.4 is 14.8 Å². The van der Waals surface area contributed by atoms with E-state index in [1.165, 1.54) is 0 Å². The second kappa shape index (κ2) is 6.43. The first-order valence-electron chi connectivity index (χ1n) is 6.15. The summed E-state index contributed by atoms with van der Waals surface area (Å²) in [4.78, 5) is 11.3. The van der Waals surface area contributed by atoms with Gasteiger partial charge in [-0.2, -0.15) is 0 Å². The molecule has 1 rings (SSSR count). The molecule has 0 amide bonds. The molecule has 106 valence electrons. The summed E-state index contributed by atoms with van der Waals surface area (Å²) < 4.78 is 10.6. The molecular weight excluding hydrogens is 246 g/mol. The molecule has 0 heterocycles. The first kappa shape index (κ1) is 15.3. The van der Waals surface area contributed by atoms with Crippen LogP contribution in [0.2, 0.25) is 0 Å². The van der Waals surface area contributed by atoms with Crippen LogP contribution in [0.5, 0.6) is 11.5 Å². The summed E-state index contributed by atoms with van der Waals surface area (Å²) in [7, 11) is 1.57. The summed E-state index contributed by atoms with van der Waals surface area (Å²) in [6, 6.07) is 7.13. The fourth-order valence-corrected chi connectivity index (χ4v) is 1.72. The average molecular weight is 267 g/mol. The Kier molecular flexibility index (Phi) is 5.18. The van der Waals surface area contributed by atoms with Gasteiger partial charge in [0.25, 0.3) is 0 Å². The van der Waals surface area contributed by atoms with E-state index in [1.807, 2.05) is 13.8 Å². The lowest BCUT2D eigenvalue weighted by molar-refractivity contribution is -0.145. The molecule has 0 aromatic heterocycles. The Labute approximate surface area is 113 Å². The highest BCUT2D eigenvalue weighted by Crippen LogP contribution is 2.20. The molecule has 1 aromatic rings. The van der Waals surface area contributed by atoms with Crippen LogP contribution in [0.4, 0.5) is 0 Å². The van der Waals surface area contributed by atoms with Gasteiger partial charge in [-0.15, -0.1) is 0 Å². The van der Waals surface area contributed by atoms with Crippen LogP contribution in [-0.4, -0.2) is 36.4 Å². The minimum atomic E-state index is -1.13. The average Bonchev–Trinajstić information content (AvgIpc) is 2.35. The predicted molar refractivity (Wildman–Crippen MR) is 72.8 cm³/mol. The van der Waals surface area contributed by atoms with Gasteiger partial charge in [-0.1, -0.05) is 6.07 Å². The fourth-order valence-electron chi connectivity index (χ4n) is 1.72. The minimum Gasteiger partial charge on any atom is -0.497 e. The van der Waals surface area contributed by atoms with Crippen molar-refractivity contribution < 1.29 is 19.4 Å². The smallest absolute Gasteiger partial charge is 0.327 e. The number of hydrogen-bond donors (Lipinski definition) is 2. The molecule has 0 saturated heterocycles. The van der Waals surface area contributed by atoms with Crippen LogP contribution >= 0.6 is 0 Å². The topological polar surface area (TPSA) is 67.8 Å². The molecule has 5 heteroatoms. The van der Waals surface area contributed by atoms with E-state index in [4.69, 9.17) is 9.47 Å². The van der Waals surface area contributed by atoms with E-state index >= 15 is 0 Å². The van der Waals surface area contributed by atoms with E-state index < -0.39 is 11.5 Å². The zero-order chi connectivity index (χ0) is 14.5. The van der Waals surface area contributed by atoms with E-state index in [1.54, 1.807) is 38.3 Å². The van der Waals surface area contributed by atoms with Gasteiger partial charge in [0.2, 0.25) is 0 Å². The van der Waals surface area contributed by atoms with Gasteiger partial charge < -0.3 is 14.6 Å². The second-order valence-corrected chi connectivity index (χ2v) is 4.90. The van der Waals surface area contributed by atoms with Crippen molar-refractivity contribution in [3.63, 3.8) is 0 Å². The molecule has 2 N–H and O–H groups in total. The Bertz CT molecular complexity index is 433. The van der Waals surface area contributed by atoms with Crippen LogP contribution in [0, 0.1) is 0 Å². The van der Waals surface area contributed by atoms with Gasteiger partial charge in [-0.3, -0.25) is 10.1 Å². The molecule has 0 fully saturated rings. The molecule has 0 radical (unpaired) electrons. The van der Waals surface area contributed by atoms with Crippen molar-refractivity contribution in [3.05, 3.63) is 24.3 Å². The van der Waals surface area contributed by atoms with E-state index in [0.717, 1.165) is 0 Å². The summed E-state index contributed by atoms with van der Waals surface area (Å²) in [5.74, 6) is 0.313. The Hall–Kier alpha value is -1.75. The summed E-state index contributed by atoms with van der Waals surface area (Å²) in [6.07, 6.45) is 0. The van der Waals surface area contributed by atoms with Crippen molar-refractivity contribution in [1.29, 1.82) is 0 Å². The first-order chi connectivity index (χ1) is 8.87. The number of benzene rings is 1. The van der Waals surface area contributed by atoms with Gasteiger partial charge in [0.05, 0.1) is 7.11 Å². The lowest BCUT2D eigenvalue weighted by atomic mass is 10.0. The maximum absolute atomic E-state index is 11.3. The molecular formula is C14H21NO4. The Morgan fingerprint density at radius 3 is 2.58 bits per heavy atom. The monoisotopic (exact) mass is 267 g/mol. The summed E-state index contributed by atoms with van der Waals surface area (Å²) >= 11 is 0. The maximum Gasteiger partial charge on any atom is 0.327 e. The third-order valence-electron chi connectivity index (χ3n) is 2.65. The number of nitrogens with one attached hydrogen (secondary N) is 1. The van der Waals surface area contributed by atoms with Gasteiger partial charge >= 0.3 is 5.97 Å². The fraction of sp³-hybridized carbons (Fsp3) is 0.500. The number of hydrogen-bond acceptors (Lipinski definition) is 4. The number of rotatable bonds is 7. The molecule has 1 atom stereocenters. The zero-order valence-corrected chi connectivity index (χ0v) is 11.8. The zero-order valence-electron chi connectivity index (χ0n) is 11.8. The molecule has 1 aromatic carbocycles. The Morgan fingerprint density at radius 1 is 1.42 bits per heavy atom. The Morgan fingerprint density at radius 2 is 2.05 bits per heavy atom. The highest BCUT2D eigenvalue weighted by molar-refractivity contribution is 5.78. The van der Waals surface area contributed by atoms with Crippen molar-refractivity contribution in [3.8, 4) is 11.5 Å². The van der Waals surface area contributed by atoms with Crippen LogP contribution in [0.1, 0.15) is 20.8 Å². The van der Waals surface area contributed by atoms with Crippen molar-refractivity contribution >= 4 is 5.97 Å². The van der Waals surface area contributed by atoms with Crippen LogP contribution in [-0.2, 0) is 4.79 Å². The van der Waals surface area contributed by atoms with Crippen molar-refractivity contribution in [2.24, 2.45) is 0 Å². The van der Waals surface area contributed by atoms with Gasteiger partial charge in [0, 0.05) is 12.1 Å². The number of methoxy groups -OCH3 is 1. The molecule has 0 saturated carbocycles. The maximum atomic E-state index is 11.3. The minimum absolute atomic E-state index is 0.0354. The summed E-state index contributed by atoms with van der Waals surface area (Å²) in [6.45, 7) is 5.43. The number of aliphatic carboxylic acids is 1. The highest BCUT2D eigenvalue weighted by atomic mass is 16.5. The van der Waals surface area contributed by atoms with Crippen LogP contribution in [0.3, 0.4) is 0 Å². The molecule has 0 bridgehead atoms. The molecule has 19 heavy (non-hydrogen) atoms. The standard InChI is InChI=1S/C14H21NO4/c1-10(2)15-14(3,13(16)17)9-19-12-7-5-6-11(8-12)18-4/h5-8,10,15H,9H2,1-4H3,(H,16,17). The number of carboxylic acids is 1. The van der Waals surface area contributed by atoms with Gasteiger partial charge in [-0.25, -0.2) is 0 Å². The third kappa shape index (κ3) is 4.44. The van der Waals surface area contributed by atoms with Crippen molar-refractivity contribution in [2.45, 2.75) is 32.4 Å². The lowest BCUT2D eigenvalue weighted by Crippen LogP contribution is -2.56. The normalized spacial score (nSPS) is 13.9. The Balaban J connectivity index is 2.73. The number of carbonyl (C=O) groups is 1. The molecule has 0 aliphatic rings.